The molecule has 3 rings (SSSR count). The monoisotopic (exact) mass is 344 g/mol. The Morgan fingerprint density at radius 2 is 1.80 bits per heavy atom. The number of aromatic nitrogens is 4. The van der Waals surface area contributed by atoms with E-state index >= 15 is 0 Å². The van der Waals surface area contributed by atoms with Crippen LogP contribution in [-0.2, 0) is 7.05 Å². The molecule has 3 aromatic heterocycles. The van der Waals surface area contributed by atoms with Gasteiger partial charge in [-0.25, -0.2) is 10.0 Å². The highest BCUT2D eigenvalue weighted by atomic mass is 16.5. The van der Waals surface area contributed by atoms with E-state index in [-0.39, 0.29) is 0 Å². The summed E-state index contributed by atoms with van der Waals surface area (Å²) in [5.41, 5.74) is 2.34. The van der Waals surface area contributed by atoms with Crippen LogP contribution >= 0.6 is 0 Å². The average molecular weight is 344 g/mol. The first-order valence-corrected chi connectivity index (χ1v) is 7.56. The molecule has 0 fully saturated rings. The molecule has 0 aliphatic heterocycles. The quantitative estimate of drug-likeness (QED) is 0.678. The van der Waals surface area contributed by atoms with E-state index in [1.54, 1.807) is 33.5 Å². The highest BCUT2D eigenvalue weighted by Gasteiger charge is 2.21. The number of anilines is 2. The van der Waals surface area contributed by atoms with E-state index in [2.05, 4.69) is 20.3 Å². The SMILES string of the molecule is CNc1nc(OC)c(-c2cc3cc(N(C)O)ncc3n2C)c(OC)n1. The van der Waals surface area contributed by atoms with Crippen molar-refractivity contribution in [1.82, 2.24) is 19.5 Å². The molecule has 2 N–H and O–H groups in total. The number of rotatable bonds is 5. The summed E-state index contributed by atoms with van der Waals surface area (Å²) in [5.74, 6) is 1.65. The molecule has 0 amide bonds. The molecule has 0 saturated heterocycles. The zero-order valence-corrected chi connectivity index (χ0v) is 14.7. The van der Waals surface area contributed by atoms with Gasteiger partial charge in [-0.2, -0.15) is 9.97 Å². The number of hydrogen-bond donors (Lipinski definition) is 2. The van der Waals surface area contributed by atoms with E-state index in [4.69, 9.17) is 9.47 Å². The van der Waals surface area contributed by atoms with E-state index in [0.29, 0.717) is 29.1 Å². The predicted octanol–water partition coefficient (Wildman–Crippen LogP) is 1.91. The van der Waals surface area contributed by atoms with Crippen molar-refractivity contribution in [3.63, 3.8) is 0 Å². The largest absolute Gasteiger partial charge is 0.480 e. The second-order valence-corrected chi connectivity index (χ2v) is 5.40. The van der Waals surface area contributed by atoms with Crippen LogP contribution in [0.5, 0.6) is 11.8 Å². The van der Waals surface area contributed by atoms with Gasteiger partial charge in [-0.15, -0.1) is 0 Å². The Morgan fingerprint density at radius 3 is 2.32 bits per heavy atom. The van der Waals surface area contributed by atoms with Gasteiger partial charge in [-0.05, 0) is 12.1 Å². The minimum Gasteiger partial charge on any atom is -0.480 e. The van der Waals surface area contributed by atoms with Gasteiger partial charge >= 0.3 is 0 Å². The van der Waals surface area contributed by atoms with Crippen molar-refractivity contribution < 1.29 is 14.7 Å². The van der Waals surface area contributed by atoms with E-state index in [0.717, 1.165) is 21.7 Å². The standard InChI is InChI=1S/C16H20N6O3/c1-17-16-19-14(24-4)13(15(20-16)25-5)10-6-9-7-12(22(3)23)18-8-11(9)21(10)2/h6-8,23H,1-5H3,(H,17,19,20). The molecule has 9 heteroatoms. The van der Waals surface area contributed by atoms with E-state index in [9.17, 15) is 5.21 Å². The van der Waals surface area contributed by atoms with Gasteiger partial charge in [0.1, 0.15) is 5.56 Å². The molecular formula is C16H20N6O3. The molecule has 0 saturated carbocycles. The van der Waals surface area contributed by atoms with Crippen LogP contribution in [0.1, 0.15) is 0 Å². The lowest BCUT2D eigenvalue weighted by Gasteiger charge is -2.13. The van der Waals surface area contributed by atoms with Crippen molar-refractivity contribution in [2.75, 3.05) is 38.7 Å². The minimum atomic E-state index is 0.398. The third-order valence-electron chi connectivity index (χ3n) is 3.96. The maximum Gasteiger partial charge on any atom is 0.231 e. The minimum absolute atomic E-state index is 0.398. The predicted molar refractivity (Wildman–Crippen MR) is 94.6 cm³/mol. The fraction of sp³-hybridized carbons (Fsp3) is 0.312. The fourth-order valence-corrected chi connectivity index (χ4v) is 2.69. The summed E-state index contributed by atoms with van der Waals surface area (Å²) >= 11 is 0. The molecule has 0 radical (unpaired) electrons. The normalized spacial score (nSPS) is 10.8. The van der Waals surface area contributed by atoms with Crippen LogP contribution in [0.3, 0.4) is 0 Å². The van der Waals surface area contributed by atoms with Crippen molar-refractivity contribution in [1.29, 1.82) is 0 Å². The van der Waals surface area contributed by atoms with Gasteiger partial charge in [0.05, 0.1) is 31.6 Å². The zero-order valence-electron chi connectivity index (χ0n) is 14.7. The van der Waals surface area contributed by atoms with Gasteiger partial charge in [0, 0.05) is 26.5 Å². The number of hydroxylamine groups is 1. The van der Waals surface area contributed by atoms with Crippen LogP contribution < -0.4 is 19.9 Å². The van der Waals surface area contributed by atoms with E-state index < -0.39 is 0 Å². The molecule has 0 bridgehead atoms. The number of nitrogens with one attached hydrogen (secondary N) is 1. The van der Waals surface area contributed by atoms with Gasteiger partial charge in [-0.1, -0.05) is 0 Å². The van der Waals surface area contributed by atoms with Crippen LogP contribution in [0, 0.1) is 0 Å². The van der Waals surface area contributed by atoms with Crippen LogP contribution in [0.2, 0.25) is 0 Å². The van der Waals surface area contributed by atoms with Gasteiger partial charge in [0.25, 0.3) is 0 Å². The molecule has 0 aromatic carbocycles. The molecule has 0 aliphatic rings. The molecule has 9 nitrogen and oxygen atoms in total. The topological polar surface area (TPSA) is 97.6 Å². The van der Waals surface area contributed by atoms with E-state index in [1.807, 2.05) is 17.7 Å². The number of nitrogens with zero attached hydrogens (tertiary/aromatic N) is 5. The first-order chi connectivity index (χ1) is 12.0. The van der Waals surface area contributed by atoms with Crippen LogP contribution in [0.15, 0.2) is 18.3 Å². The molecule has 3 aromatic rings. The molecule has 0 unspecified atom stereocenters. The summed E-state index contributed by atoms with van der Waals surface area (Å²) in [5, 5.41) is 14.4. The smallest absolute Gasteiger partial charge is 0.231 e. The lowest BCUT2D eigenvalue weighted by molar-refractivity contribution is 0.276. The molecule has 132 valence electrons. The Bertz CT molecular complexity index is 897. The van der Waals surface area contributed by atoms with Crippen LogP contribution in [0.25, 0.3) is 22.2 Å². The first-order valence-electron chi connectivity index (χ1n) is 7.56. The van der Waals surface area contributed by atoms with Gasteiger partial charge in [0.15, 0.2) is 5.82 Å². The summed E-state index contributed by atoms with van der Waals surface area (Å²) in [6.07, 6.45) is 1.70. The number of fused-ring (bicyclic) bond motifs is 1. The van der Waals surface area contributed by atoms with Gasteiger partial charge < -0.3 is 19.4 Å². The Hall–Kier alpha value is -3.07. The Balaban J connectivity index is 2.27. The van der Waals surface area contributed by atoms with E-state index in [1.165, 1.54) is 7.05 Å². The molecule has 3 heterocycles. The summed E-state index contributed by atoms with van der Waals surface area (Å²) in [4.78, 5) is 12.9. The first kappa shape index (κ1) is 16.8. The lowest BCUT2D eigenvalue weighted by Crippen LogP contribution is -2.11. The maximum absolute atomic E-state index is 9.60. The summed E-state index contributed by atoms with van der Waals surface area (Å²) in [6, 6.07) is 3.74. The third kappa shape index (κ3) is 2.78. The van der Waals surface area contributed by atoms with Crippen molar-refractivity contribution in [3.8, 4) is 23.0 Å². The highest BCUT2D eigenvalue weighted by molar-refractivity contribution is 5.90. The molecular weight excluding hydrogens is 324 g/mol. The summed E-state index contributed by atoms with van der Waals surface area (Å²) in [7, 11) is 8.26. The van der Waals surface area contributed by atoms with Crippen molar-refractivity contribution in [3.05, 3.63) is 18.3 Å². The zero-order chi connectivity index (χ0) is 18.1. The number of ether oxygens (including phenoxy) is 2. The third-order valence-corrected chi connectivity index (χ3v) is 3.96. The highest BCUT2D eigenvalue weighted by Crippen LogP contribution is 2.39. The van der Waals surface area contributed by atoms with Crippen LogP contribution in [0.4, 0.5) is 11.8 Å². The second-order valence-electron chi connectivity index (χ2n) is 5.40. The summed E-state index contributed by atoms with van der Waals surface area (Å²) < 4.78 is 12.8. The molecule has 0 atom stereocenters. The molecule has 0 spiro atoms. The van der Waals surface area contributed by atoms with Gasteiger partial charge in [0.2, 0.25) is 17.7 Å². The summed E-state index contributed by atoms with van der Waals surface area (Å²) in [6.45, 7) is 0. The van der Waals surface area contributed by atoms with Gasteiger partial charge in [-0.3, -0.25) is 5.21 Å². The number of aryl methyl sites for hydroxylation is 1. The Labute approximate surface area is 144 Å². The van der Waals surface area contributed by atoms with Crippen molar-refractivity contribution in [2.45, 2.75) is 0 Å². The number of pyridine rings is 1. The van der Waals surface area contributed by atoms with Crippen LogP contribution in [-0.4, -0.2) is 53.0 Å². The molecule has 0 aliphatic carbocycles. The Kier molecular flexibility index (Phi) is 4.32. The number of methoxy groups -OCH3 is 2. The Morgan fingerprint density at radius 1 is 1.16 bits per heavy atom. The average Bonchev–Trinajstić information content (AvgIpc) is 2.96. The van der Waals surface area contributed by atoms with Crippen molar-refractivity contribution in [2.24, 2.45) is 7.05 Å². The maximum atomic E-state index is 9.60. The fourth-order valence-electron chi connectivity index (χ4n) is 2.69. The van der Waals surface area contributed by atoms with Crippen molar-refractivity contribution >= 4 is 22.7 Å². The lowest BCUT2D eigenvalue weighted by atomic mass is 10.2. The number of hydrogen-bond acceptors (Lipinski definition) is 8. The molecule has 25 heavy (non-hydrogen) atoms. The second kappa shape index (κ2) is 6.44.